The Labute approximate surface area is 202 Å². The van der Waals surface area contributed by atoms with Gasteiger partial charge in [0.15, 0.2) is 6.29 Å². The van der Waals surface area contributed by atoms with Crippen molar-refractivity contribution < 1.29 is 29.6 Å². The second-order valence-electron chi connectivity index (χ2n) is 10.1. The molecule has 1 saturated heterocycles. The minimum atomic E-state index is -0.750. The predicted octanol–water partition coefficient (Wildman–Crippen LogP) is 6.35. The predicted molar refractivity (Wildman–Crippen MR) is 132 cm³/mol. The van der Waals surface area contributed by atoms with Crippen molar-refractivity contribution in [1.29, 1.82) is 0 Å². The fraction of sp³-hybridized carbons (Fsp3) is 0.963. The zero-order chi connectivity index (χ0) is 24.3. The second kappa shape index (κ2) is 19.6. The third kappa shape index (κ3) is 16.6. The Bertz CT molecular complexity index is 472. The van der Waals surface area contributed by atoms with Crippen molar-refractivity contribution in [1.82, 2.24) is 0 Å². The van der Waals surface area contributed by atoms with Crippen LogP contribution in [-0.4, -0.2) is 52.0 Å². The molecule has 0 aromatic carbocycles. The number of carboxylic acid groups (broad SMARTS) is 1. The first kappa shape index (κ1) is 30.3. The van der Waals surface area contributed by atoms with Gasteiger partial charge in [0.05, 0.1) is 18.3 Å². The summed E-state index contributed by atoms with van der Waals surface area (Å²) in [5, 5.41) is 28.3. The lowest BCUT2D eigenvalue weighted by Crippen LogP contribution is -2.48. The van der Waals surface area contributed by atoms with Crippen LogP contribution < -0.4 is 0 Å². The highest BCUT2D eigenvalue weighted by atomic mass is 16.7. The van der Waals surface area contributed by atoms with Crippen LogP contribution in [0.1, 0.15) is 136 Å². The van der Waals surface area contributed by atoms with Crippen LogP contribution in [0, 0.1) is 0 Å². The molecule has 0 aromatic rings. The Morgan fingerprint density at radius 1 is 0.788 bits per heavy atom. The van der Waals surface area contributed by atoms with E-state index in [1.807, 2.05) is 13.8 Å². The van der Waals surface area contributed by atoms with Crippen molar-refractivity contribution in [2.75, 3.05) is 0 Å². The zero-order valence-corrected chi connectivity index (χ0v) is 21.4. The molecule has 0 radical (unpaired) electrons. The normalized spacial score (nSPS) is 24.1. The highest BCUT2D eigenvalue weighted by Crippen LogP contribution is 2.23. The minimum Gasteiger partial charge on any atom is -0.481 e. The Morgan fingerprint density at radius 3 is 1.67 bits per heavy atom. The van der Waals surface area contributed by atoms with Gasteiger partial charge in [0.25, 0.3) is 0 Å². The minimum absolute atomic E-state index is 0.0593. The molecule has 3 N–H and O–H groups in total. The molecule has 1 rings (SSSR count). The van der Waals surface area contributed by atoms with E-state index in [0.29, 0.717) is 12.8 Å². The molecule has 0 aliphatic carbocycles. The maximum atomic E-state index is 10.4. The molecule has 0 saturated carbocycles. The van der Waals surface area contributed by atoms with E-state index in [4.69, 9.17) is 14.6 Å². The van der Waals surface area contributed by atoms with E-state index >= 15 is 0 Å². The molecule has 1 aliphatic rings. The molecule has 196 valence electrons. The molecular formula is C27H52O6. The highest BCUT2D eigenvalue weighted by molar-refractivity contribution is 5.66. The number of unbranched alkanes of at least 4 members (excludes halogenated alkanes) is 15. The van der Waals surface area contributed by atoms with Crippen molar-refractivity contribution in [2.24, 2.45) is 0 Å². The third-order valence-corrected chi connectivity index (χ3v) is 6.81. The number of ether oxygens (including phenoxy) is 2. The summed E-state index contributed by atoms with van der Waals surface area (Å²) in [6.07, 6.45) is 19.4. The Balaban J connectivity index is 1.79. The van der Waals surface area contributed by atoms with E-state index < -0.39 is 24.5 Å². The van der Waals surface area contributed by atoms with E-state index in [9.17, 15) is 15.0 Å². The van der Waals surface area contributed by atoms with Gasteiger partial charge in [0, 0.05) is 12.8 Å². The third-order valence-electron chi connectivity index (χ3n) is 6.81. The van der Waals surface area contributed by atoms with Gasteiger partial charge in [-0.3, -0.25) is 4.79 Å². The highest BCUT2D eigenvalue weighted by Gasteiger charge is 2.35. The summed E-state index contributed by atoms with van der Waals surface area (Å²) in [6, 6.07) is 0. The summed E-state index contributed by atoms with van der Waals surface area (Å²) < 4.78 is 11.4. The Kier molecular flexibility index (Phi) is 18.0. The van der Waals surface area contributed by atoms with Crippen molar-refractivity contribution >= 4 is 5.97 Å². The number of hydrogen-bond donors (Lipinski definition) is 3. The molecule has 1 heterocycles. The molecular weight excluding hydrogens is 420 g/mol. The molecule has 0 aromatic heterocycles. The van der Waals surface area contributed by atoms with Gasteiger partial charge in [-0.2, -0.15) is 0 Å². The number of carboxylic acids is 1. The van der Waals surface area contributed by atoms with Crippen molar-refractivity contribution in [3.63, 3.8) is 0 Å². The first-order chi connectivity index (χ1) is 15.9. The molecule has 0 spiro atoms. The van der Waals surface area contributed by atoms with Crippen LogP contribution in [0.15, 0.2) is 0 Å². The smallest absolute Gasteiger partial charge is 0.303 e. The van der Waals surface area contributed by atoms with Gasteiger partial charge >= 0.3 is 5.97 Å². The lowest BCUT2D eigenvalue weighted by Gasteiger charge is -2.36. The number of hydrogen-bond acceptors (Lipinski definition) is 5. The molecule has 1 fully saturated rings. The summed E-state index contributed by atoms with van der Waals surface area (Å²) in [6.45, 7) is 3.85. The molecule has 6 nitrogen and oxygen atoms in total. The van der Waals surface area contributed by atoms with Gasteiger partial charge in [-0.25, -0.2) is 0 Å². The van der Waals surface area contributed by atoms with Crippen LogP contribution in [-0.2, 0) is 14.3 Å². The average molecular weight is 473 g/mol. The van der Waals surface area contributed by atoms with Gasteiger partial charge in [0.1, 0.15) is 6.10 Å². The van der Waals surface area contributed by atoms with Crippen LogP contribution in [0.4, 0.5) is 0 Å². The zero-order valence-electron chi connectivity index (χ0n) is 21.4. The van der Waals surface area contributed by atoms with Gasteiger partial charge in [0.2, 0.25) is 0 Å². The van der Waals surface area contributed by atoms with E-state index in [0.717, 1.165) is 25.7 Å². The summed E-state index contributed by atoms with van der Waals surface area (Å²) in [5.41, 5.74) is 0. The molecule has 0 amide bonds. The van der Waals surface area contributed by atoms with Crippen LogP contribution in [0.5, 0.6) is 0 Å². The van der Waals surface area contributed by atoms with Crippen LogP contribution in [0.3, 0.4) is 0 Å². The van der Waals surface area contributed by atoms with Gasteiger partial charge in [-0.05, 0) is 26.7 Å². The maximum Gasteiger partial charge on any atom is 0.303 e. The number of aliphatic hydroxyl groups excluding tert-OH is 2. The van der Waals surface area contributed by atoms with Crippen LogP contribution in [0.2, 0.25) is 0 Å². The van der Waals surface area contributed by atoms with Gasteiger partial charge in [-0.15, -0.1) is 0 Å². The summed E-state index contributed by atoms with van der Waals surface area (Å²) in [5.74, 6) is -0.670. The Morgan fingerprint density at radius 2 is 1.21 bits per heavy atom. The molecule has 33 heavy (non-hydrogen) atoms. The van der Waals surface area contributed by atoms with Gasteiger partial charge in [-0.1, -0.05) is 96.3 Å². The number of aliphatic carboxylic acids is 1. The SMILES string of the molecule is CC(CCCCCCCCCCCCCCCCCCC(=O)O)OC1OC(C)C(O)CC1O. The first-order valence-electron chi connectivity index (χ1n) is 13.8. The number of aliphatic hydroxyl groups is 2. The first-order valence-corrected chi connectivity index (χ1v) is 13.8. The number of carbonyl (C=O) groups is 1. The van der Waals surface area contributed by atoms with Crippen molar-refractivity contribution in [3.8, 4) is 0 Å². The largest absolute Gasteiger partial charge is 0.481 e. The van der Waals surface area contributed by atoms with E-state index in [2.05, 4.69) is 0 Å². The monoisotopic (exact) mass is 472 g/mol. The Hall–Kier alpha value is -0.690. The summed E-state index contributed by atoms with van der Waals surface area (Å²) in [4.78, 5) is 10.4. The molecule has 5 unspecified atom stereocenters. The van der Waals surface area contributed by atoms with E-state index in [-0.39, 0.29) is 12.2 Å². The lowest BCUT2D eigenvalue weighted by atomic mass is 10.0. The summed E-state index contributed by atoms with van der Waals surface area (Å²) >= 11 is 0. The van der Waals surface area contributed by atoms with E-state index in [1.54, 1.807) is 0 Å². The summed E-state index contributed by atoms with van der Waals surface area (Å²) in [7, 11) is 0. The lowest BCUT2D eigenvalue weighted by molar-refractivity contribution is -0.273. The fourth-order valence-corrected chi connectivity index (χ4v) is 4.55. The van der Waals surface area contributed by atoms with Crippen LogP contribution >= 0.6 is 0 Å². The standard InChI is InChI=1S/C27H52O6/c1-22(32-27-25(29)21-24(28)23(2)33-27)19-17-15-13-11-9-7-5-3-4-6-8-10-12-14-16-18-20-26(30)31/h22-25,27-29H,3-21H2,1-2H3,(H,30,31). The second-order valence-corrected chi connectivity index (χ2v) is 10.1. The average Bonchev–Trinajstić information content (AvgIpc) is 2.76. The quantitative estimate of drug-likeness (QED) is 0.168. The molecule has 0 bridgehead atoms. The molecule has 6 heteroatoms. The van der Waals surface area contributed by atoms with Crippen LogP contribution in [0.25, 0.3) is 0 Å². The number of rotatable bonds is 21. The van der Waals surface area contributed by atoms with Crippen molar-refractivity contribution in [3.05, 3.63) is 0 Å². The maximum absolute atomic E-state index is 10.4. The fourth-order valence-electron chi connectivity index (χ4n) is 4.55. The molecule has 5 atom stereocenters. The van der Waals surface area contributed by atoms with Crippen molar-refractivity contribution in [2.45, 2.75) is 167 Å². The molecule has 1 aliphatic heterocycles. The topological polar surface area (TPSA) is 96.2 Å². The van der Waals surface area contributed by atoms with Gasteiger partial charge < -0.3 is 24.8 Å². The van der Waals surface area contributed by atoms with E-state index in [1.165, 1.54) is 83.5 Å².